The van der Waals surface area contributed by atoms with E-state index in [1.54, 1.807) is 23.3 Å². The first-order chi connectivity index (χ1) is 10.6. The van der Waals surface area contributed by atoms with Gasteiger partial charge in [0.05, 0.1) is 11.9 Å². The van der Waals surface area contributed by atoms with Gasteiger partial charge in [-0.2, -0.15) is 5.10 Å². The van der Waals surface area contributed by atoms with Crippen LogP contribution in [0.5, 0.6) is 0 Å². The lowest BCUT2D eigenvalue weighted by Crippen LogP contribution is -2.11. The third-order valence-corrected chi connectivity index (χ3v) is 3.26. The maximum absolute atomic E-state index is 10.8. The normalized spacial score (nSPS) is 11.0. The summed E-state index contributed by atoms with van der Waals surface area (Å²) in [5.74, 6) is 1.14. The van der Waals surface area contributed by atoms with Gasteiger partial charge in [0.2, 0.25) is 5.91 Å². The minimum absolute atomic E-state index is 0.294. The van der Waals surface area contributed by atoms with Crippen LogP contribution in [0.3, 0.4) is 0 Å². The first-order valence-corrected chi connectivity index (χ1v) is 7.00. The molecule has 0 bridgehead atoms. The molecule has 0 aliphatic rings. The number of rotatable bonds is 6. The van der Waals surface area contributed by atoms with E-state index in [2.05, 4.69) is 20.1 Å². The second kappa shape index (κ2) is 5.84. The Morgan fingerprint density at radius 3 is 2.95 bits per heavy atom. The molecular formula is C14H17N7O. The van der Waals surface area contributed by atoms with Crippen LogP contribution in [-0.4, -0.2) is 35.2 Å². The van der Waals surface area contributed by atoms with Gasteiger partial charge in [0.15, 0.2) is 11.6 Å². The van der Waals surface area contributed by atoms with Crippen LogP contribution in [-0.2, 0) is 11.3 Å². The zero-order valence-corrected chi connectivity index (χ0v) is 12.2. The lowest BCUT2D eigenvalue weighted by atomic mass is 10.3. The van der Waals surface area contributed by atoms with Gasteiger partial charge in [0.1, 0.15) is 0 Å². The van der Waals surface area contributed by atoms with Gasteiger partial charge in [0.25, 0.3) is 0 Å². The smallest absolute Gasteiger partial charge is 0.217 e. The molecule has 0 atom stereocenters. The number of primary amides is 1. The van der Waals surface area contributed by atoms with Crippen molar-refractivity contribution >= 4 is 5.91 Å². The number of nitrogens with one attached hydrogen (secondary N) is 1. The van der Waals surface area contributed by atoms with Crippen molar-refractivity contribution in [3.8, 4) is 17.3 Å². The molecule has 0 aliphatic heterocycles. The largest absolute Gasteiger partial charge is 0.370 e. The fourth-order valence-electron chi connectivity index (χ4n) is 2.23. The van der Waals surface area contributed by atoms with Crippen LogP contribution in [0, 0.1) is 6.92 Å². The molecule has 0 unspecified atom stereocenters. The molecule has 1 amide bonds. The molecule has 3 N–H and O–H groups in total. The van der Waals surface area contributed by atoms with Crippen LogP contribution >= 0.6 is 0 Å². The minimum atomic E-state index is -0.294. The Morgan fingerprint density at radius 1 is 1.36 bits per heavy atom. The fourth-order valence-corrected chi connectivity index (χ4v) is 2.23. The predicted molar refractivity (Wildman–Crippen MR) is 80.1 cm³/mol. The van der Waals surface area contributed by atoms with Crippen molar-refractivity contribution < 1.29 is 4.79 Å². The highest BCUT2D eigenvalue weighted by atomic mass is 16.1. The zero-order valence-electron chi connectivity index (χ0n) is 12.2. The monoisotopic (exact) mass is 299 g/mol. The van der Waals surface area contributed by atoms with E-state index in [-0.39, 0.29) is 5.91 Å². The van der Waals surface area contributed by atoms with Crippen molar-refractivity contribution in [3.63, 3.8) is 0 Å². The summed E-state index contributed by atoms with van der Waals surface area (Å²) >= 11 is 0. The Balaban J connectivity index is 1.79. The molecule has 114 valence electrons. The molecule has 3 heterocycles. The number of hydrogen-bond acceptors (Lipinski definition) is 4. The van der Waals surface area contributed by atoms with Gasteiger partial charge in [-0.25, -0.2) is 9.97 Å². The third-order valence-electron chi connectivity index (χ3n) is 3.26. The van der Waals surface area contributed by atoms with Gasteiger partial charge < -0.3 is 10.7 Å². The van der Waals surface area contributed by atoms with Crippen molar-refractivity contribution in [2.75, 3.05) is 0 Å². The van der Waals surface area contributed by atoms with Crippen LogP contribution in [0.15, 0.2) is 31.0 Å². The Morgan fingerprint density at radius 2 is 2.23 bits per heavy atom. The fraction of sp³-hybridized carbons (Fsp3) is 0.286. The van der Waals surface area contributed by atoms with Crippen LogP contribution < -0.4 is 5.73 Å². The first kappa shape index (κ1) is 14.1. The highest BCUT2D eigenvalue weighted by Crippen LogP contribution is 2.18. The molecule has 0 fully saturated rings. The Bertz CT molecular complexity index is 783. The summed E-state index contributed by atoms with van der Waals surface area (Å²) in [6.45, 7) is 2.59. The minimum Gasteiger partial charge on any atom is -0.370 e. The number of hydrogen-bond donors (Lipinski definition) is 2. The molecular weight excluding hydrogens is 282 g/mol. The zero-order chi connectivity index (χ0) is 15.5. The van der Waals surface area contributed by atoms with Crippen LogP contribution in [0.1, 0.15) is 18.5 Å². The predicted octanol–water partition coefficient (Wildman–Crippen LogP) is 1.03. The number of carbonyl (C=O) groups excluding carboxylic acids is 1. The number of nitrogens with zero attached hydrogens (tertiary/aromatic N) is 5. The number of H-pyrrole nitrogens is 1. The van der Waals surface area contributed by atoms with Crippen molar-refractivity contribution in [3.05, 3.63) is 36.7 Å². The molecule has 3 aromatic heterocycles. The maximum atomic E-state index is 10.8. The van der Waals surface area contributed by atoms with Crippen molar-refractivity contribution in [1.29, 1.82) is 0 Å². The Labute approximate surface area is 127 Å². The number of imidazole rings is 2. The van der Waals surface area contributed by atoms with E-state index in [9.17, 15) is 4.79 Å². The molecule has 0 saturated carbocycles. The number of aryl methyl sites for hydroxylation is 2. The second-order valence-corrected chi connectivity index (χ2v) is 5.07. The van der Waals surface area contributed by atoms with E-state index >= 15 is 0 Å². The SMILES string of the molecule is Cc1cnc(-c2nccn2-c2cnn(CCCC(N)=O)c2)[nH]1. The van der Waals surface area contributed by atoms with E-state index in [1.807, 2.05) is 23.9 Å². The van der Waals surface area contributed by atoms with Gasteiger partial charge in [-0.15, -0.1) is 0 Å². The molecule has 0 radical (unpaired) electrons. The molecule has 0 aliphatic carbocycles. The average molecular weight is 299 g/mol. The van der Waals surface area contributed by atoms with Crippen LogP contribution in [0.25, 0.3) is 17.3 Å². The number of carbonyl (C=O) groups is 1. The van der Waals surface area contributed by atoms with Crippen molar-refractivity contribution in [2.45, 2.75) is 26.3 Å². The summed E-state index contributed by atoms with van der Waals surface area (Å²) in [5.41, 5.74) is 7.00. The number of aromatic nitrogens is 6. The second-order valence-electron chi connectivity index (χ2n) is 5.07. The highest BCUT2D eigenvalue weighted by Gasteiger charge is 2.12. The summed E-state index contributed by atoms with van der Waals surface area (Å²) in [6.07, 6.45) is 10.0. The van der Waals surface area contributed by atoms with Crippen molar-refractivity contribution in [2.24, 2.45) is 5.73 Å². The molecule has 3 aromatic rings. The quantitative estimate of drug-likeness (QED) is 0.708. The van der Waals surface area contributed by atoms with Gasteiger partial charge in [-0.05, 0) is 13.3 Å². The van der Waals surface area contributed by atoms with E-state index in [0.717, 1.165) is 17.2 Å². The molecule has 3 rings (SSSR count). The van der Waals surface area contributed by atoms with E-state index in [0.29, 0.717) is 25.2 Å². The summed E-state index contributed by atoms with van der Waals surface area (Å²) in [5, 5.41) is 4.29. The lowest BCUT2D eigenvalue weighted by molar-refractivity contribution is -0.118. The van der Waals surface area contributed by atoms with Gasteiger partial charge in [-0.3, -0.25) is 14.0 Å². The Kier molecular flexibility index (Phi) is 3.73. The number of amides is 1. The van der Waals surface area contributed by atoms with Crippen LogP contribution in [0.2, 0.25) is 0 Å². The van der Waals surface area contributed by atoms with Crippen molar-refractivity contribution in [1.82, 2.24) is 29.3 Å². The maximum Gasteiger partial charge on any atom is 0.217 e. The topological polar surface area (TPSA) is 107 Å². The summed E-state index contributed by atoms with van der Waals surface area (Å²) in [7, 11) is 0. The van der Waals surface area contributed by atoms with Gasteiger partial charge in [0, 0.05) is 43.4 Å². The standard InChI is InChI=1S/C14H17N7O/c1-10-7-17-13(19-10)14-16-4-6-21(14)11-8-18-20(9-11)5-2-3-12(15)22/h4,6-9H,2-3,5H2,1H3,(H2,15,22)(H,17,19). The van der Waals surface area contributed by atoms with E-state index < -0.39 is 0 Å². The first-order valence-electron chi connectivity index (χ1n) is 7.00. The lowest BCUT2D eigenvalue weighted by Gasteiger charge is -2.02. The number of nitrogens with two attached hydrogens (primary N) is 1. The Hall–Kier alpha value is -2.90. The average Bonchev–Trinajstić information content (AvgIpc) is 3.16. The molecule has 8 heteroatoms. The van der Waals surface area contributed by atoms with E-state index in [1.165, 1.54) is 0 Å². The molecule has 0 aromatic carbocycles. The summed E-state index contributed by atoms with van der Waals surface area (Å²) < 4.78 is 3.70. The molecule has 0 saturated heterocycles. The van der Waals surface area contributed by atoms with Crippen LogP contribution in [0.4, 0.5) is 0 Å². The van der Waals surface area contributed by atoms with Gasteiger partial charge >= 0.3 is 0 Å². The molecule has 22 heavy (non-hydrogen) atoms. The van der Waals surface area contributed by atoms with Gasteiger partial charge in [-0.1, -0.05) is 0 Å². The number of aromatic amines is 1. The highest BCUT2D eigenvalue weighted by molar-refractivity contribution is 5.73. The molecule has 8 nitrogen and oxygen atoms in total. The van der Waals surface area contributed by atoms with E-state index in [4.69, 9.17) is 5.73 Å². The summed E-state index contributed by atoms with van der Waals surface area (Å²) in [6, 6.07) is 0. The third kappa shape index (κ3) is 2.90. The molecule has 0 spiro atoms. The summed E-state index contributed by atoms with van der Waals surface area (Å²) in [4.78, 5) is 22.6.